The predicted octanol–water partition coefficient (Wildman–Crippen LogP) is 2.76. The summed E-state index contributed by atoms with van der Waals surface area (Å²) in [6.45, 7) is 3.66. The molecular formula is C21H22N4O4. The van der Waals surface area contributed by atoms with Gasteiger partial charge in [-0.05, 0) is 32.0 Å². The van der Waals surface area contributed by atoms with Gasteiger partial charge >= 0.3 is 0 Å². The number of nitrogens with zero attached hydrogens (tertiary/aromatic N) is 3. The highest BCUT2D eigenvalue weighted by Gasteiger charge is 2.17. The fourth-order valence-corrected chi connectivity index (χ4v) is 2.86. The first kappa shape index (κ1) is 20.1. The van der Waals surface area contributed by atoms with Crippen molar-refractivity contribution in [1.29, 1.82) is 0 Å². The highest BCUT2D eigenvalue weighted by atomic mass is 16.5. The van der Waals surface area contributed by atoms with Crippen LogP contribution < -0.4 is 20.5 Å². The molecule has 8 nitrogen and oxygen atoms in total. The van der Waals surface area contributed by atoms with Crippen LogP contribution in [-0.2, 0) is 0 Å². The van der Waals surface area contributed by atoms with Crippen molar-refractivity contribution in [2.75, 3.05) is 14.2 Å². The number of ether oxygens (including phenoxy) is 2. The molecule has 1 N–H and O–H groups in total. The van der Waals surface area contributed by atoms with E-state index in [1.807, 2.05) is 13.8 Å². The quantitative estimate of drug-likeness (QED) is 0.512. The molecule has 0 spiro atoms. The van der Waals surface area contributed by atoms with Gasteiger partial charge in [0.05, 0.1) is 31.9 Å². The van der Waals surface area contributed by atoms with E-state index in [1.165, 1.54) is 18.0 Å². The summed E-state index contributed by atoms with van der Waals surface area (Å²) in [5, 5.41) is 9.18. The van der Waals surface area contributed by atoms with E-state index in [0.29, 0.717) is 27.8 Å². The molecule has 0 aliphatic heterocycles. The van der Waals surface area contributed by atoms with Crippen LogP contribution in [0.25, 0.3) is 10.8 Å². The predicted molar refractivity (Wildman–Crippen MR) is 111 cm³/mol. The molecule has 29 heavy (non-hydrogen) atoms. The largest absolute Gasteiger partial charge is 0.497 e. The Labute approximate surface area is 167 Å². The Hall–Kier alpha value is -3.68. The van der Waals surface area contributed by atoms with Crippen LogP contribution in [0.4, 0.5) is 0 Å². The topological polar surface area (TPSA) is 94.8 Å². The van der Waals surface area contributed by atoms with Gasteiger partial charge in [-0.15, -0.1) is 0 Å². The van der Waals surface area contributed by atoms with Crippen molar-refractivity contribution >= 4 is 22.9 Å². The zero-order valence-corrected chi connectivity index (χ0v) is 16.7. The number of carbonyl (C=O) groups is 1. The van der Waals surface area contributed by atoms with Crippen molar-refractivity contribution in [3.8, 4) is 11.5 Å². The number of nitrogens with one attached hydrogen (secondary N) is 1. The van der Waals surface area contributed by atoms with E-state index in [-0.39, 0.29) is 17.3 Å². The van der Waals surface area contributed by atoms with Crippen LogP contribution >= 0.6 is 0 Å². The summed E-state index contributed by atoms with van der Waals surface area (Å²) in [4.78, 5) is 25.3. The monoisotopic (exact) mass is 394 g/mol. The second-order valence-corrected chi connectivity index (χ2v) is 6.54. The van der Waals surface area contributed by atoms with Crippen molar-refractivity contribution in [2.45, 2.75) is 19.9 Å². The van der Waals surface area contributed by atoms with Crippen LogP contribution in [0, 0.1) is 0 Å². The van der Waals surface area contributed by atoms with Gasteiger partial charge in [0.2, 0.25) is 0 Å². The maximum atomic E-state index is 12.7. The van der Waals surface area contributed by atoms with E-state index in [4.69, 9.17) is 9.47 Å². The van der Waals surface area contributed by atoms with Crippen molar-refractivity contribution in [3.63, 3.8) is 0 Å². The fourth-order valence-electron chi connectivity index (χ4n) is 2.86. The minimum atomic E-state index is -0.515. The second-order valence-electron chi connectivity index (χ2n) is 6.54. The number of amides is 1. The summed E-state index contributed by atoms with van der Waals surface area (Å²) < 4.78 is 11.8. The summed E-state index contributed by atoms with van der Waals surface area (Å²) in [5.41, 5.74) is 3.03. The van der Waals surface area contributed by atoms with Gasteiger partial charge in [0.25, 0.3) is 11.5 Å². The number of carbonyl (C=O) groups excluding carboxylic acids is 1. The number of hydrogen-bond donors (Lipinski definition) is 1. The van der Waals surface area contributed by atoms with E-state index >= 15 is 0 Å². The lowest BCUT2D eigenvalue weighted by atomic mass is 10.1. The molecule has 2 aromatic carbocycles. The van der Waals surface area contributed by atoms with Gasteiger partial charge < -0.3 is 9.47 Å². The average molecular weight is 394 g/mol. The van der Waals surface area contributed by atoms with Gasteiger partial charge in [0.1, 0.15) is 11.5 Å². The first-order valence-corrected chi connectivity index (χ1v) is 9.03. The van der Waals surface area contributed by atoms with E-state index in [0.717, 1.165) is 0 Å². The van der Waals surface area contributed by atoms with Gasteiger partial charge in [0, 0.05) is 17.0 Å². The minimum Gasteiger partial charge on any atom is -0.497 e. The first-order valence-electron chi connectivity index (χ1n) is 9.03. The number of hydrogen-bond acceptors (Lipinski definition) is 6. The molecule has 1 amide bonds. The van der Waals surface area contributed by atoms with Crippen LogP contribution in [0.2, 0.25) is 0 Å². The van der Waals surface area contributed by atoms with E-state index in [1.54, 1.807) is 49.6 Å². The number of fused-ring (bicyclic) bond motifs is 1. The lowest BCUT2D eigenvalue weighted by molar-refractivity contribution is 0.0949. The van der Waals surface area contributed by atoms with Crippen molar-refractivity contribution in [2.24, 2.45) is 5.10 Å². The standard InChI is InChI=1S/C21H22N4O4/c1-13(2)25-21(27)17-8-6-5-7-16(17)19(24-25)20(26)23-22-12-14-9-10-15(28-3)11-18(14)29-4/h5-13H,1-4H3,(H,23,26)/b22-12-. The Bertz CT molecular complexity index is 1140. The van der Waals surface area contributed by atoms with Crippen LogP contribution in [-0.4, -0.2) is 36.1 Å². The zero-order chi connectivity index (χ0) is 21.0. The molecule has 0 radical (unpaired) electrons. The van der Waals surface area contributed by atoms with Gasteiger partial charge in [-0.2, -0.15) is 10.2 Å². The number of hydrazone groups is 1. The number of rotatable bonds is 6. The Kier molecular flexibility index (Phi) is 5.92. The van der Waals surface area contributed by atoms with E-state index in [9.17, 15) is 9.59 Å². The molecular weight excluding hydrogens is 372 g/mol. The molecule has 3 rings (SSSR count). The third-order valence-electron chi connectivity index (χ3n) is 4.34. The molecule has 0 aliphatic carbocycles. The molecule has 1 heterocycles. The molecule has 0 saturated heterocycles. The fraction of sp³-hybridized carbons (Fsp3) is 0.238. The first-order chi connectivity index (χ1) is 14.0. The SMILES string of the molecule is COc1ccc(/C=N\NC(=O)c2nn(C(C)C)c(=O)c3ccccc23)c(OC)c1. The number of aromatic nitrogens is 2. The van der Waals surface area contributed by atoms with Gasteiger partial charge in [0.15, 0.2) is 5.69 Å². The second kappa shape index (κ2) is 8.55. The van der Waals surface area contributed by atoms with Crippen LogP contribution in [0.3, 0.4) is 0 Å². The Morgan fingerprint density at radius 2 is 1.86 bits per heavy atom. The third-order valence-corrected chi connectivity index (χ3v) is 4.34. The summed E-state index contributed by atoms with van der Waals surface area (Å²) in [6, 6.07) is 11.9. The normalized spacial score (nSPS) is 11.2. The van der Waals surface area contributed by atoms with Gasteiger partial charge in [-0.3, -0.25) is 9.59 Å². The summed E-state index contributed by atoms with van der Waals surface area (Å²) in [6.07, 6.45) is 1.47. The molecule has 0 fully saturated rings. The molecule has 0 bridgehead atoms. The lowest BCUT2D eigenvalue weighted by Gasteiger charge is -2.12. The maximum absolute atomic E-state index is 12.7. The average Bonchev–Trinajstić information content (AvgIpc) is 2.74. The van der Waals surface area contributed by atoms with Crippen LogP contribution in [0.1, 0.15) is 35.9 Å². The Balaban J connectivity index is 1.92. The van der Waals surface area contributed by atoms with Gasteiger partial charge in [-0.1, -0.05) is 18.2 Å². The highest BCUT2D eigenvalue weighted by Crippen LogP contribution is 2.23. The molecule has 0 saturated carbocycles. The van der Waals surface area contributed by atoms with E-state index in [2.05, 4.69) is 15.6 Å². The molecule has 0 aliphatic rings. The lowest BCUT2D eigenvalue weighted by Crippen LogP contribution is -2.30. The maximum Gasteiger partial charge on any atom is 0.292 e. The smallest absolute Gasteiger partial charge is 0.292 e. The molecule has 3 aromatic rings. The van der Waals surface area contributed by atoms with Crippen molar-refractivity contribution in [1.82, 2.24) is 15.2 Å². The number of benzene rings is 2. The van der Waals surface area contributed by atoms with Crippen LogP contribution in [0.5, 0.6) is 11.5 Å². The van der Waals surface area contributed by atoms with Crippen molar-refractivity contribution < 1.29 is 14.3 Å². The minimum absolute atomic E-state index is 0.132. The summed E-state index contributed by atoms with van der Waals surface area (Å²) in [7, 11) is 3.10. The number of methoxy groups -OCH3 is 2. The van der Waals surface area contributed by atoms with E-state index < -0.39 is 5.91 Å². The summed E-state index contributed by atoms with van der Waals surface area (Å²) in [5.74, 6) is 0.688. The Morgan fingerprint density at radius 1 is 1.14 bits per heavy atom. The molecule has 1 aromatic heterocycles. The summed E-state index contributed by atoms with van der Waals surface area (Å²) >= 11 is 0. The molecule has 0 atom stereocenters. The third kappa shape index (κ3) is 4.11. The molecule has 8 heteroatoms. The zero-order valence-electron chi connectivity index (χ0n) is 16.7. The molecule has 150 valence electrons. The molecule has 0 unspecified atom stereocenters. The van der Waals surface area contributed by atoms with Crippen molar-refractivity contribution in [3.05, 3.63) is 64.1 Å². The van der Waals surface area contributed by atoms with Gasteiger partial charge in [-0.25, -0.2) is 10.1 Å². The highest BCUT2D eigenvalue weighted by molar-refractivity contribution is 6.05. The Morgan fingerprint density at radius 3 is 2.52 bits per heavy atom. The van der Waals surface area contributed by atoms with Crippen LogP contribution in [0.15, 0.2) is 52.4 Å².